The van der Waals surface area contributed by atoms with Gasteiger partial charge >= 0.3 is 0 Å². The van der Waals surface area contributed by atoms with E-state index in [1.807, 2.05) is 6.08 Å². The number of aliphatic hydroxyl groups is 1. The fraction of sp³-hybridized carbons (Fsp3) is 0.444. The molecule has 2 rings (SSSR count). The van der Waals surface area contributed by atoms with Crippen LogP contribution in [0.3, 0.4) is 0 Å². The summed E-state index contributed by atoms with van der Waals surface area (Å²) < 4.78 is 0. The van der Waals surface area contributed by atoms with Gasteiger partial charge in [0, 0.05) is 18.8 Å². The molecule has 0 aromatic carbocycles. The van der Waals surface area contributed by atoms with E-state index in [1.54, 1.807) is 25.5 Å². The lowest BCUT2D eigenvalue weighted by Gasteiger charge is -2.39. The molecule has 0 fully saturated rings. The summed E-state index contributed by atoms with van der Waals surface area (Å²) in [5.41, 5.74) is 2.33. The third-order valence-electron chi connectivity index (χ3n) is 2.50. The first-order chi connectivity index (χ1) is 6.76. The average Bonchev–Trinajstić information content (AvgIpc) is 2.72. The van der Waals surface area contributed by atoms with Crippen LogP contribution in [0.1, 0.15) is 13.3 Å². The zero-order valence-corrected chi connectivity index (χ0v) is 7.92. The lowest BCUT2D eigenvalue weighted by molar-refractivity contribution is -0.200. The predicted octanol–water partition coefficient (Wildman–Crippen LogP) is 0.317. The maximum absolute atomic E-state index is 9.79. The van der Waals surface area contributed by atoms with Crippen molar-refractivity contribution < 1.29 is 9.94 Å². The first-order valence-corrected chi connectivity index (χ1v) is 4.51. The molecule has 14 heavy (non-hydrogen) atoms. The standard InChI is InChI=1S/C9H13N3O2/c1-8(13)9(2-4-10-5-3-9)12-11-6-7-14-12/h2,4-8,11,13H,3H2,1H3. The Morgan fingerprint density at radius 2 is 2.57 bits per heavy atom. The third-order valence-corrected chi connectivity index (χ3v) is 2.50. The second-order valence-electron chi connectivity index (χ2n) is 3.35. The summed E-state index contributed by atoms with van der Waals surface area (Å²) in [5, 5.41) is 11.3. The fourth-order valence-electron chi connectivity index (χ4n) is 1.57. The van der Waals surface area contributed by atoms with Crippen LogP contribution in [0.2, 0.25) is 0 Å². The molecular weight excluding hydrogens is 182 g/mol. The van der Waals surface area contributed by atoms with Gasteiger partial charge in [-0.25, -0.2) is 0 Å². The first-order valence-electron chi connectivity index (χ1n) is 4.51. The minimum Gasteiger partial charge on any atom is -0.392 e. The van der Waals surface area contributed by atoms with Crippen LogP contribution in [0.15, 0.2) is 29.7 Å². The van der Waals surface area contributed by atoms with Crippen molar-refractivity contribution in [1.29, 1.82) is 0 Å². The van der Waals surface area contributed by atoms with Crippen LogP contribution in [0.4, 0.5) is 0 Å². The fourth-order valence-corrected chi connectivity index (χ4v) is 1.57. The minimum atomic E-state index is -0.578. The van der Waals surface area contributed by atoms with Crippen molar-refractivity contribution in [3.63, 3.8) is 0 Å². The number of hydrazine groups is 1. The van der Waals surface area contributed by atoms with Gasteiger partial charge in [-0.2, -0.15) is 0 Å². The van der Waals surface area contributed by atoms with Gasteiger partial charge in [0.05, 0.1) is 12.3 Å². The molecule has 2 aliphatic rings. The van der Waals surface area contributed by atoms with Gasteiger partial charge in [-0.1, -0.05) is 0 Å². The van der Waals surface area contributed by atoms with E-state index in [0.717, 1.165) is 0 Å². The molecule has 2 heterocycles. The van der Waals surface area contributed by atoms with Gasteiger partial charge in [0.25, 0.3) is 0 Å². The highest BCUT2D eigenvalue weighted by atomic mass is 16.7. The Bertz CT molecular complexity index is 290. The third kappa shape index (κ3) is 1.30. The Labute approximate surface area is 82.3 Å². The molecule has 0 aromatic heterocycles. The maximum Gasteiger partial charge on any atom is 0.131 e. The maximum atomic E-state index is 9.79. The molecule has 0 radical (unpaired) electrons. The zero-order chi connectivity index (χ0) is 10.0. The topological polar surface area (TPSA) is 57.1 Å². The van der Waals surface area contributed by atoms with Crippen LogP contribution in [0.25, 0.3) is 0 Å². The molecule has 5 heteroatoms. The number of rotatable bonds is 2. The summed E-state index contributed by atoms with van der Waals surface area (Å²) in [4.78, 5) is 9.20. The molecule has 2 N–H and O–H groups in total. The van der Waals surface area contributed by atoms with Gasteiger partial charge in [-0.15, -0.1) is 0 Å². The van der Waals surface area contributed by atoms with Crippen molar-refractivity contribution in [3.8, 4) is 0 Å². The van der Waals surface area contributed by atoms with Gasteiger partial charge in [-0.05, 0) is 18.2 Å². The SMILES string of the molecule is CC(O)C1(N2NC=CO2)C=CN=CC1. The van der Waals surface area contributed by atoms with Gasteiger partial charge < -0.3 is 9.94 Å². The summed E-state index contributed by atoms with van der Waals surface area (Å²) in [5.74, 6) is 0. The number of nitrogens with zero attached hydrogens (tertiary/aromatic N) is 2. The number of hydrogen-bond acceptors (Lipinski definition) is 5. The monoisotopic (exact) mass is 195 g/mol. The number of nitrogens with one attached hydrogen (secondary N) is 1. The van der Waals surface area contributed by atoms with E-state index < -0.39 is 11.6 Å². The number of aliphatic hydroxyl groups excluding tert-OH is 1. The van der Waals surface area contributed by atoms with E-state index >= 15 is 0 Å². The van der Waals surface area contributed by atoms with Crippen molar-refractivity contribution in [1.82, 2.24) is 10.6 Å². The summed E-state index contributed by atoms with van der Waals surface area (Å²) in [6.07, 6.45) is 8.51. The normalized spacial score (nSPS) is 32.7. The molecule has 0 spiro atoms. The van der Waals surface area contributed by atoms with Gasteiger partial charge in [0.1, 0.15) is 11.8 Å². The van der Waals surface area contributed by atoms with Crippen molar-refractivity contribution in [2.75, 3.05) is 0 Å². The van der Waals surface area contributed by atoms with Crippen LogP contribution in [-0.2, 0) is 4.84 Å². The summed E-state index contributed by atoms with van der Waals surface area (Å²) in [6, 6.07) is 0. The Hall–Kier alpha value is -1.33. The van der Waals surface area contributed by atoms with Gasteiger partial charge in [0.2, 0.25) is 0 Å². The van der Waals surface area contributed by atoms with Crippen molar-refractivity contribution in [3.05, 3.63) is 24.7 Å². The largest absolute Gasteiger partial charge is 0.392 e. The van der Waals surface area contributed by atoms with Crippen LogP contribution >= 0.6 is 0 Å². The average molecular weight is 195 g/mol. The second-order valence-corrected chi connectivity index (χ2v) is 3.35. The zero-order valence-electron chi connectivity index (χ0n) is 7.92. The summed E-state index contributed by atoms with van der Waals surface area (Å²) >= 11 is 0. The Balaban J connectivity index is 2.22. The molecule has 0 aliphatic carbocycles. The van der Waals surface area contributed by atoms with E-state index in [2.05, 4.69) is 10.4 Å². The van der Waals surface area contributed by atoms with Crippen molar-refractivity contribution in [2.24, 2.45) is 4.99 Å². The highest BCUT2D eigenvalue weighted by molar-refractivity contribution is 5.62. The van der Waals surface area contributed by atoms with E-state index in [0.29, 0.717) is 6.42 Å². The van der Waals surface area contributed by atoms with Crippen molar-refractivity contribution in [2.45, 2.75) is 25.0 Å². The molecule has 2 unspecified atom stereocenters. The molecule has 0 saturated heterocycles. The lowest BCUT2D eigenvalue weighted by Crippen LogP contribution is -2.57. The lowest BCUT2D eigenvalue weighted by atomic mass is 9.89. The summed E-state index contributed by atoms with van der Waals surface area (Å²) in [6.45, 7) is 1.73. The van der Waals surface area contributed by atoms with Crippen LogP contribution in [-0.4, -0.2) is 28.1 Å². The van der Waals surface area contributed by atoms with Gasteiger partial charge in [0.15, 0.2) is 0 Å². The van der Waals surface area contributed by atoms with E-state index in [-0.39, 0.29) is 0 Å². The molecule has 0 saturated carbocycles. The van der Waals surface area contributed by atoms with E-state index in [4.69, 9.17) is 4.84 Å². The Morgan fingerprint density at radius 1 is 1.71 bits per heavy atom. The molecule has 76 valence electrons. The second kappa shape index (κ2) is 3.43. The van der Waals surface area contributed by atoms with Crippen LogP contribution in [0, 0.1) is 0 Å². The van der Waals surface area contributed by atoms with Gasteiger partial charge in [-0.3, -0.25) is 10.4 Å². The molecule has 0 amide bonds. The molecule has 2 aliphatic heterocycles. The molecule has 0 bridgehead atoms. The Morgan fingerprint density at radius 3 is 3.07 bits per heavy atom. The van der Waals surface area contributed by atoms with Crippen molar-refractivity contribution >= 4 is 6.21 Å². The van der Waals surface area contributed by atoms with E-state index in [9.17, 15) is 5.11 Å². The number of hydrogen-bond donors (Lipinski definition) is 2. The predicted molar refractivity (Wildman–Crippen MR) is 51.9 cm³/mol. The first kappa shape index (κ1) is 9.23. The molecule has 0 aromatic rings. The summed E-state index contributed by atoms with van der Waals surface area (Å²) in [7, 11) is 0. The number of aliphatic imine (C=N–C) groups is 1. The van der Waals surface area contributed by atoms with E-state index in [1.165, 1.54) is 11.4 Å². The quantitative estimate of drug-likeness (QED) is 0.666. The van der Waals surface area contributed by atoms with Crippen LogP contribution < -0.4 is 5.43 Å². The number of hydroxylamine groups is 1. The highest BCUT2D eigenvalue weighted by Gasteiger charge is 2.42. The highest BCUT2D eigenvalue weighted by Crippen LogP contribution is 2.27. The molecule has 2 atom stereocenters. The molecule has 5 nitrogen and oxygen atoms in total. The smallest absolute Gasteiger partial charge is 0.131 e. The Kier molecular flexibility index (Phi) is 2.26. The molecular formula is C9H13N3O2. The van der Waals surface area contributed by atoms with Crippen LogP contribution in [0.5, 0.6) is 0 Å². The minimum absolute atomic E-state index is 0.558.